The van der Waals surface area contributed by atoms with Crippen LogP contribution in [0.15, 0.2) is 18.2 Å². The van der Waals surface area contributed by atoms with Gasteiger partial charge in [0.2, 0.25) is 0 Å². The average Bonchev–Trinajstić information content (AvgIpc) is 2.34. The van der Waals surface area contributed by atoms with Gasteiger partial charge >= 0.3 is 0 Å². The Morgan fingerprint density at radius 3 is 2.72 bits per heavy atom. The van der Waals surface area contributed by atoms with Crippen molar-refractivity contribution in [1.82, 2.24) is 4.90 Å². The Morgan fingerprint density at radius 2 is 2.17 bits per heavy atom. The van der Waals surface area contributed by atoms with Crippen LogP contribution in [0.1, 0.15) is 24.5 Å². The van der Waals surface area contributed by atoms with E-state index in [-0.39, 0.29) is 5.84 Å². The number of nitrogens with one attached hydrogen (secondary N) is 1. The van der Waals surface area contributed by atoms with Crippen molar-refractivity contribution in [2.45, 2.75) is 26.8 Å². The third-order valence-corrected chi connectivity index (χ3v) is 2.97. The molecule has 0 unspecified atom stereocenters. The summed E-state index contributed by atoms with van der Waals surface area (Å²) >= 11 is 0. The Hall–Kier alpha value is -1.55. The van der Waals surface area contributed by atoms with Gasteiger partial charge in [0.05, 0.1) is 12.9 Å². The van der Waals surface area contributed by atoms with Gasteiger partial charge in [-0.3, -0.25) is 10.3 Å². The first-order valence-electron chi connectivity index (χ1n) is 6.25. The van der Waals surface area contributed by atoms with Crippen LogP contribution in [0.4, 0.5) is 0 Å². The molecule has 4 nitrogen and oxygen atoms in total. The second kappa shape index (κ2) is 7.01. The summed E-state index contributed by atoms with van der Waals surface area (Å²) in [6, 6.07) is 6.20. The highest BCUT2D eigenvalue weighted by Crippen LogP contribution is 2.21. The number of rotatable bonds is 7. The molecule has 0 bridgehead atoms. The molecule has 0 aliphatic heterocycles. The van der Waals surface area contributed by atoms with E-state index in [0.29, 0.717) is 6.42 Å². The minimum atomic E-state index is 0.240. The fourth-order valence-electron chi connectivity index (χ4n) is 1.90. The summed E-state index contributed by atoms with van der Waals surface area (Å²) in [6.07, 6.45) is 0.613. The second-order valence-electron chi connectivity index (χ2n) is 4.46. The van der Waals surface area contributed by atoms with Gasteiger partial charge in [-0.1, -0.05) is 24.6 Å². The van der Waals surface area contributed by atoms with Crippen molar-refractivity contribution in [2.24, 2.45) is 5.73 Å². The molecule has 0 fully saturated rings. The number of benzene rings is 1. The van der Waals surface area contributed by atoms with Crippen LogP contribution in [0.2, 0.25) is 0 Å². The summed E-state index contributed by atoms with van der Waals surface area (Å²) in [7, 11) is 1.69. The maximum Gasteiger partial charge on any atom is 0.123 e. The molecular formula is C14H23N3O. The minimum absolute atomic E-state index is 0.240. The molecule has 0 amide bonds. The van der Waals surface area contributed by atoms with E-state index in [4.69, 9.17) is 15.9 Å². The molecule has 4 heteroatoms. The van der Waals surface area contributed by atoms with E-state index in [1.54, 1.807) is 7.11 Å². The van der Waals surface area contributed by atoms with E-state index in [0.717, 1.165) is 25.4 Å². The lowest BCUT2D eigenvalue weighted by atomic mass is 10.1. The number of hydrogen-bond donors (Lipinski definition) is 2. The van der Waals surface area contributed by atoms with Crippen LogP contribution in [0.25, 0.3) is 0 Å². The highest BCUT2D eigenvalue weighted by atomic mass is 16.5. The van der Waals surface area contributed by atoms with Crippen molar-refractivity contribution in [3.63, 3.8) is 0 Å². The van der Waals surface area contributed by atoms with E-state index in [1.165, 1.54) is 11.1 Å². The third-order valence-electron chi connectivity index (χ3n) is 2.97. The Balaban J connectivity index is 2.74. The molecule has 0 heterocycles. The van der Waals surface area contributed by atoms with Crippen molar-refractivity contribution in [2.75, 3.05) is 20.2 Å². The molecule has 0 radical (unpaired) electrons. The number of hydrogen-bond acceptors (Lipinski definition) is 3. The first-order valence-corrected chi connectivity index (χ1v) is 6.25. The summed E-state index contributed by atoms with van der Waals surface area (Å²) in [6.45, 7) is 6.76. The molecule has 0 spiro atoms. The van der Waals surface area contributed by atoms with Crippen molar-refractivity contribution in [1.29, 1.82) is 5.41 Å². The lowest BCUT2D eigenvalue weighted by Crippen LogP contribution is -2.27. The maximum absolute atomic E-state index is 7.28. The van der Waals surface area contributed by atoms with Crippen molar-refractivity contribution in [3.8, 4) is 5.75 Å². The summed E-state index contributed by atoms with van der Waals surface area (Å²) in [5.74, 6) is 1.16. The van der Waals surface area contributed by atoms with Gasteiger partial charge in [0.25, 0.3) is 0 Å². The summed E-state index contributed by atoms with van der Waals surface area (Å²) in [5, 5.41) is 7.28. The molecular weight excluding hydrogens is 226 g/mol. The molecule has 0 atom stereocenters. The van der Waals surface area contributed by atoms with Gasteiger partial charge in [0.15, 0.2) is 0 Å². The molecule has 0 saturated heterocycles. The Labute approximate surface area is 109 Å². The van der Waals surface area contributed by atoms with Gasteiger partial charge in [-0.25, -0.2) is 0 Å². The largest absolute Gasteiger partial charge is 0.496 e. The van der Waals surface area contributed by atoms with Crippen molar-refractivity contribution >= 4 is 5.84 Å². The van der Waals surface area contributed by atoms with E-state index < -0.39 is 0 Å². The van der Waals surface area contributed by atoms with Gasteiger partial charge in [0.1, 0.15) is 5.75 Å². The van der Waals surface area contributed by atoms with Crippen LogP contribution >= 0.6 is 0 Å². The second-order valence-corrected chi connectivity index (χ2v) is 4.46. The standard InChI is InChI=1S/C14H23N3O/c1-4-17(8-7-14(15)16)10-12-9-11(2)5-6-13(12)18-3/h5-6,9H,4,7-8,10H2,1-3H3,(H3,15,16). The lowest BCUT2D eigenvalue weighted by molar-refractivity contribution is 0.282. The molecule has 1 aromatic carbocycles. The zero-order chi connectivity index (χ0) is 13.5. The van der Waals surface area contributed by atoms with Crippen LogP contribution in [0.5, 0.6) is 5.75 Å². The fraction of sp³-hybridized carbons (Fsp3) is 0.500. The maximum atomic E-state index is 7.28. The zero-order valence-electron chi connectivity index (χ0n) is 11.5. The van der Waals surface area contributed by atoms with E-state index >= 15 is 0 Å². The Bertz CT molecular complexity index is 404. The number of aryl methyl sites for hydroxylation is 1. The first kappa shape index (κ1) is 14.5. The van der Waals surface area contributed by atoms with Crippen LogP contribution in [-0.4, -0.2) is 30.9 Å². The zero-order valence-corrected chi connectivity index (χ0v) is 11.5. The fourth-order valence-corrected chi connectivity index (χ4v) is 1.90. The molecule has 18 heavy (non-hydrogen) atoms. The number of ether oxygens (including phenoxy) is 1. The molecule has 0 aliphatic carbocycles. The lowest BCUT2D eigenvalue weighted by Gasteiger charge is -2.21. The van der Waals surface area contributed by atoms with E-state index in [2.05, 4.69) is 24.8 Å². The number of nitrogens with two attached hydrogens (primary N) is 1. The molecule has 100 valence electrons. The van der Waals surface area contributed by atoms with Crippen molar-refractivity contribution in [3.05, 3.63) is 29.3 Å². The summed E-state index contributed by atoms with van der Waals surface area (Å²) in [4.78, 5) is 2.26. The SMILES string of the molecule is CCN(CCC(=N)N)Cc1cc(C)ccc1OC. The average molecular weight is 249 g/mol. The van der Waals surface area contributed by atoms with Crippen LogP contribution in [0.3, 0.4) is 0 Å². The van der Waals surface area contributed by atoms with Crippen LogP contribution < -0.4 is 10.5 Å². The topological polar surface area (TPSA) is 62.3 Å². The smallest absolute Gasteiger partial charge is 0.123 e. The molecule has 1 aromatic rings. The van der Waals surface area contributed by atoms with E-state index in [1.807, 2.05) is 12.1 Å². The number of nitrogens with zero attached hydrogens (tertiary/aromatic N) is 1. The normalized spacial score (nSPS) is 10.7. The van der Waals surface area contributed by atoms with Gasteiger partial charge in [-0.05, 0) is 19.5 Å². The van der Waals surface area contributed by atoms with Gasteiger partial charge in [-0.2, -0.15) is 0 Å². The van der Waals surface area contributed by atoms with E-state index in [9.17, 15) is 0 Å². The molecule has 1 rings (SSSR count). The number of amidine groups is 1. The summed E-state index contributed by atoms with van der Waals surface area (Å²) in [5.41, 5.74) is 7.81. The monoisotopic (exact) mass is 249 g/mol. The highest BCUT2D eigenvalue weighted by molar-refractivity contribution is 5.76. The molecule has 0 aliphatic rings. The predicted octanol–water partition coefficient (Wildman–Crippen LogP) is 2.15. The summed E-state index contributed by atoms with van der Waals surface area (Å²) < 4.78 is 5.38. The first-order chi connectivity index (χ1) is 8.56. The quantitative estimate of drug-likeness (QED) is 0.575. The Kier molecular flexibility index (Phi) is 5.65. The van der Waals surface area contributed by atoms with Crippen LogP contribution in [0, 0.1) is 12.3 Å². The third kappa shape index (κ3) is 4.37. The highest BCUT2D eigenvalue weighted by Gasteiger charge is 2.09. The Morgan fingerprint density at radius 1 is 1.44 bits per heavy atom. The molecule has 0 aromatic heterocycles. The molecule has 0 saturated carbocycles. The minimum Gasteiger partial charge on any atom is -0.496 e. The van der Waals surface area contributed by atoms with Gasteiger partial charge in [-0.15, -0.1) is 0 Å². The van der Waals surface area contributed by atoms with Gasteiger partial charge < -0.3 is 10.5 Å². The van der Waals surface area contributed by atoms with Crippen LogP contribution in [-0.2, 0) is 6.54 Å². The number of methoxy groups -OCH3 is 1. The van der Waals surface area contributed by atoms with Gasteiger partial charge in [0, 0.05) is 25.1 Å². The molecule has 3 N–H and O–H groups in total. The predicted molar refractivity (Wildman–Crippen MR) is 75.2 cm³/mol. The van der Waals surface area contributed by atoms with Crippen molar-refractivity contribution < 1.29 is 4.74 Å².